The molecule has 1 unspecified atom stereocenters. The van der Waals surface area contributed by atoms with Gasteiger partial charge in [0.2, 0.25) is 5.96 Å². The third-order valence-electron chi connectivity index (χ3n) is 2.80. The van der Waals surface area contributed by atoms with E-state index >= 15 is 0 Å². The number of nitrogens with one attached hydrogen (secondary N) is 2. The van der Waals surface area contributed by atoms with Gasteiger partial charge in [-0.25, -0.2) is 0 Å². The van der Waals surface area contributed by atoms with Crippen molar-refractivity contribution in [1.29, 1.82) is 10.8 Å². The van der Waals surface area contributed by atoms with E-state index in [-0.39, 0.29) is 17.8 Å². The fourth-order valence-electron chi connectivity index (χ4n) is 2.11. The van der Waals surface area contributed by atoms with Crippen LogP contribution in [0.4, 0.5) is 0 Å². The van der Waals surface area contributed by atoms with Crippen molar-refractivity contribution in [2.24, 2.45) is 22.2 Å². The smallest absolute Gasteiger partial charge is 0.222 e. The van der Waals surface area contributed by atoms with Gasteiger partial charge in [0, 0.05) is 6.54 Å². The molecular weight excluding hydrogens is 230 g/mol. The summed E-state index contributed by atoms with van der Waals surface area (Å²) in [6, 6.07) is 7.14. The first kappa shape index (κ1) is 11.9. The number of benzene rings is 1. The van der Waals surface area contributed by atoms with E-state index in [4.69, 9.17) is 28.0 Å². The normalized spacial score (nSPS) is 17.1. The van der Waals surface area contributed by atoms with Gasteiger partial charge < -0.3 is 22.1 Å². The van der Waals surface area contributed by atoms with Gasteiger partial charge in [-0.3, -0.25) is 10.8 Å². The Balaban J connectivity index is 2.38. The summed E-state index contributed by atoms with van der Waals surface area (Å²) >= 11 is 0. The molecule has 0 radical (unpaired) electrons. The highest BCUT2D eigenvalue weighted by Gasteiger charge is 2.33. The van der Waals surface area contributed by atoms with Crippen LogP contribution in [0.5, 0.6) is 0 Å². The van der Waals surface area contributed by atoms with Crippen LogP contribution in [0.25, 0.3) is 0 Å². The third kappa shape index (κ3) is 1.97. The second-order valence-electron chi connectivity index (χ2n) is 4.04. The van der Waals surface area contributed by atoms with Crippen molar-refractivity contribution in [2.75, 3.05) is 0 Å². The second-order valence-corrected chi connectivity index (χ2v) is 4.04. The maximum atomic E-state index is 7.84. The molecule has 1 aliphatic rings. The van der Waals surface area contributed by atoms with Crippen LogP contribution >= 0.6 is 0 Å². The van der Waals surface area contributed by atoms with Gasteiger partial charge in [0.1, 0.15) is 11.9 Å². The average Bonchev–Trinajstić information content (AvgIpc) is 2.67. The summed E-state index contributed by atoms with van der Waals surface area (Å²) < 4.78 is 0. The molecule has 2 rings (SSSR count). The van der Waals surface area contributed by atoms with Crippen LogP contribution in [-0.2, 0) is 6.54 Å². The number of rotatable bonds is 1. The SMILES string of the molecule is N=C(N)C1c2ccccc2CN1C(=N)N=C(N)N. The monoisotopic (exact) mass is 245 g/mol. The first-order valence-corrected chi connectivity index (χ1v) is 5.37. The molecule has 0 saturated carbocycles. The fraction of sp³-hybridized carbons (Fsp3) is 0.182. The summed E-state index contributed by atoms with van der Waals surface area (Å²) in [5.41, 5.74) is 18.1. The number of aliphatic imine (C=N–C) groups is 1. The zero-order valence-corrected chi connectivity index (χ0v) is 9.72. The Labute approximate surface area is 104 Å². The van der Waals surface area contributed by atoms with Gasteiger partial charge >= 0.3 is 0 Å². The Kier molecular flexibility index (Phi) is 2.88. The van der Waals surface area contributed by atoms with Gasteiger partial charge in [-0.05, 0) is 11.1 Å². The molecule has 1 aromatic rings. The van der Waals surface area contributed by atoms with Crippen LogP contribution in [0.1, 0.15) is 17.2 Å². The molecule has 0 fully saturated rings. The van der Waals surface area contributed by atoms with E-state index < -0.39 is 6.04 Å². The maximum Gasteiger partial charge on any atom is 0.222 e. The lowest BCUT2D eigenvalue weighted by atomic mass is 10.0. The molecule has 1 heterocycles. The molecule has 94 valence electrons. The Morgan fingerprint density at radius 3 is 2.50 bits per heavy atom. The van der Waals surface area contributed by atoms with E-state index in [2.05, 4.69) is 4.99 Å². The van der Waals surface area contributed by atoms with Crippen molar-refractivity contribution in [2.45, 2.75) is 12.6 Å². The average molecular weight is 245 g/mol. The molecule has 0 aliphatic carbocycles. The molecule has 1 atom stereocenters. The summed E-state index contributed by atoms with van der Waals surface area (Å²) in [6.45, 7) is 0.468. The molecular formula is C11H15N7. The lowest BCUT2D eigenvalue weighted by Crippen LogP contribution is -2.37. The molecule has 1 aliphatic heterocycles. The predicted octanol–water partition coefficient (Wildman–Crippen LogP) is -0.313. The molecule has 8 N–H and O–H groups in total. The van der Waals surface area contributed by atoms with Crippen molar-refractivity contribution in [1.82, 2.24) is 4.90 Å². The lowest BCUT2D eigenvalue weighted by molar-refractivity contribution is 0.406. The Bertz CT molecular complexity index is 530. The van der Waals surface area contributed by atoms with Crippen LogP contribution in [0, 0.1) is 10.8 Å². The molecule has 7 heteroatoms. The number of guanidine groups is 2. The molecule has 0 amide bonds. The minimum atomic E-state index is -0.475. The number of nitrogens with zero attached hydrogens (tertiary/aromatic N) is 2. The van der Waals surface area contributed by atoms with Gasteiger partial charge in [0.15, 0.2) is 5.96 Å². The van der Waals surface area contributed by atoms with Gasteiger partial charge in [0.05, 0.1) is 0 Å². The summed E-state index contributed by atoms with van der Waals surface area (Å²) in [5.74, 6) is -0.305. The van der Waals surface area contributed by atoms with Crippen LogP contribution in [0.2, 0.25) is 0 Å². The van der Waals surface area contributed by atoms with Gasteiger partial charge in [-0.15, -0.1) is 0 Å². The van der Waals surface area contributed by atoms with Gasteiger partial charge in [-0.2, -0.15) is 4.99 Å². The zero-order valence-electron chi connectivity index (χ0n) is 9.72. The highest BCUT2D eigenvalue weighted by molar-refractivity contribution is 5.96. The molecule has 0 bridgehead atoms. The topological polar surface area (TPSA) is 141 Å². The molecule has 0 aromatic heterocycles. The van der Waals surface area contributed by atoms with E-state index in [1.165, 1.54) is 0 Å². The minimum Gasteiger partial charge on any atom is -0.386 e. The van der Waals surface area contributed by atoms with Crippen LogP contribution in [-0.4, -0.2) is 22.7 Å². The second kappa shape index (κ2) is 4.36. The Hall–Kier alpha value is -2.57. The number of fused-ring (bicyclic) bond motifs is 1. The van der Waals surface area contributed by atoms with Crippen molar-refractivity contribution >= 4 is 17.8 Å². The zero-order chi connectivity index (χ0) is 13.3. The van der Waals surface area contributed by atoms with Gasteiger partial charge in [0.25, 0.3) is 0 Å². The van der Waals surface area contributed by atoms with E-state index in [1.807, 2.05) is 24.3 Å². The predicted molar refractivity (Wildman–Crippen MR) is 70.2 cm³/mol. The largest absolute Gasteiger partial charge is 0.386 e. The summed E-state index contributed by atoms with van der Waals surface area (Å²) in [4.78, 5) is 5.29. The van der Waals surface area contributed by atoms with E-state index in [1.54, 1.807) is 4.90 Å². The Morgan fingerprint density at radius 2 is 1.89 bits per heavy atom. The first-order valence-electron chi connectivity index (χ1n) is 5.37. The lowest BCUT2D eigenvalue weighted by Gasteiger charge is -2.24. The Morgan fingerprint density at radius 1 is 1.22 bits per heavy atom. The van der Waals surface area contributed by atoms with Crippen molar-refractivity contribution in [3.05, 3.63) is 35.4 Å². The summed E-state index contributed by atoms with van der Waals surface area (Å²) in [6.07, 6.45) is 0. The quantitative estimate of drug-likeness (QED) is 0.341. The number of hydrogen-bond acceptors (Lipinski definition) is 2. The molecule has 1 aromatic carbocycles. The number of hydrogen-bond donors (Lipinski definition) is 5. The van der Waals surface area contributed by atoms with Crippen LogP contribution in [0.3, 0.4) is 0 Å². The summed E-state index contributed by atoms with van der Waals surface area (Å²) in [7, 11) is 0. The maximum absolute atomic E-state index is 7.84. The third-order valence-corrected chi connectivity index (χ3v) is 2.80. The molecule has 0 spiro atoms. The highest BCUT2D eigenvalue weighted by Crippen LogP contribution is 2.33. The van der Waals surface area contributed by atoms with Crippen LogP contribution < -0.4 is 17.2 Å². The van der Waals surface area contributed by atoms with Crippen molar-refractivity contribution in [3.63, 3.8) is 0 Å². The van der Waals surface area contributed by atoms with E-state index in [0.717, 1.165) is 11.1 Å². The minimum absolute atomic E-state index is 0.0320. The molecule has 0 saturated heterocycles. The molecule has 7 nitrogen and oxygen atoms in total. The van der Waals surface area contributed by atoms with Crippen molar-refractivity contribution < 1.29 is 0 Å². The first-order chi connectivity index (χ1) is 8.50. The number of nitrogens with two attached hydrogens (primary N) is 3. The summed E-state index contributed by atoms with van der Waals surface area (Å²) in [5, 5.41) is 15.5. The highest BCUT2D eigenvalue weighted by atomic mass is 15.3. The fourth-order valence-corrected chi connectivity index (χ4v) is 2.11. The number of amidine groups is 1. The van der Waals surface area contributed by atoms with Gasteiger partial charge in [-0.1, -0.05) is 24.3 Å². The van der Waals surface area contributed by atoms with Crippen LogP contribution in [0.15, 0.2) is 29.3 Å². The molecule has 18 heavy (non-hydrogen) atoms. The van der Waals surface area contributed by atoms with E-state index in [9.17, 15) is 0 Å². The van der Waals surface area contributed by atoms with E-state index in [0.29, 0.717) is 6.54 Å². The van der Waals surface area contributed by atoms with Crippen molar-refractivity contribution in [3.8, 4) is 0 Å². The standard InChI is InChI=1S/C11H15N7/c12-9(13)8-7-4-2-1-3-6(7)5-18(8)11(16)17-10(14)15/h1-4,8H,5H2,(H3,12,13)(H5,14,15,16,17).